The highest BCUT2D eigenvalue weighted by atomic mass is 19.1. The smallest absolute Gasteiger partial charge is 0.251 e. The summed E-state index contributed by atoms with van der Waals surface area (Å²) in [4.78, 5) is 40.4. The Hall–Kier alpha value is -3.85. The molecule has 9 heteroatoms. The fraction of sp³-hybridized carbons (Fsp3) is 0.280. The number of nitrogens with zero attached hydrogens (tertiary/aromatic N) is 3. The van der Waals surface area contributed by atoms with Gasteiger partial charge in [-0.25, -0.2) is 9.07 Å². The summed E-state index contributed by atoms with van der Waals surface area (Å²) in [6, 6.07) is 12.9. The van der Waals surface area contributed by atoms with Crippen molar-refractivity contribution in [3.05, 3.63) is 83.9 Å². The maximum atomic E-state index is 13.5. The molecule has 2 aliphatic rings. The van der Waals surface area contributed by atoms with Crippen molar-refractivity contribution in [1.82, 2.24) is 20.0 Å². The molecule has 0 aliphatic carbocycles. The summed E-state index contributed by atoms with van der Waals surface area (Å²) < 4.78 is 20.5. The summed E-state index contributed by atoms with van der Waals surface area (Å²) in [6.45, 7) is 0.380. The van der Waals surface area contributed by atoms with Crippen LogP contribution in [-0.2, 0) is 20.7 Å². The van der Waals surface area contributed by atoms with Gasteiger partial charge in [-0.05, 0) is 54.4 Å². The molecule has 1 N–H and O–H groups in total. The van der Waals surface area contributed by atoms with E-state index in [1.54, 1.807) is 59.5 Å². The molecule has 2 saturated heterocycles. The van der Waals surface area contributed by atoms with Crippen LogP contribution < -0.4 is 5.32 Å². The fourth-order valence-corrected chi connectivity index (χ4v) is 4.53. The minimum absolute atomic E-state index is 0.00327. The van der Waals surface area contributed by atoms with Crippen LogP contribution in [0.25, 0.3) is 5.69 Å². The van der Waals surface area contributed by atoms with E-state index in [0.29, 0.717) is 24.1 Å². The van der Waals surface area contributed by atoms with Crippen LogP contribution in [0.4, 0.5) is 4.39 Å². The summed E-state index contributed by atoms with van der Waals surface area (Å²) in [5.74, 6) is -1.28. The normalized spacial score (nSPS) is 20.3. The Morgan fingerprint density at radius 1 is 1.15 bits per heavy atom. The van der Waals surface area contributed by atoms with Crippen molar-refractivity contribution in [3.8, 4) is 5.69 Å². The molecule has 2 fully saturated rings. The topological polar surface area (TPSA) is 93.5 Å². The molecule has 2 aliphatic heterocycles. The quantitative estimate of drug-likeness (QED) is 0.604. The number of aromatic nitrogens is 2. The van der Waals surface area contributed by atoms with Gasteiger partial charge in [-0.15, -0.1) is 0 Å². The number of halogens is 1. The van der Waals surface area contributed by atoms with Gasteiger partial charge in [-0.1, -0.05) is 12.1 Å². The molecule has 3 heterocycles. The predicted octanol–water partition coefficient (Wildman–Crippen LogP) is 1.92. The fourth-order valence-electron chi connectivity index (χ4n) is 4.53. The van der Waals surface area contributed by atoms with E-state index in [1.807, 2.05) is 0 Å². The zero-order chi connectivity index (χ0) is 23.7. The number of fused-ring (bicyclic) bond motifs is 1. The monoisotopic (exact) mass is 462 g/mol. The van der Waals surface area contributed by atoms with Crippen molar-refractivity contribution in [2.75, 3.05) is 13.2 Å². The maximum absolute atomic E-state index is 13.5. The van der Waals surface area contributed by atoms with E-state index < -0.39 is 18.0 Å². The van der Waals surface area contributed by atoms with Gasteiger partial charge in [0.05, 0.1) is 11.8 Å². The third-order valence-electron chi connectivity index (χ3n) is 6.25. The highest BCUT2D eigenvalue weighted by Crippen LogP contribution is 2.28. The molecule has 1 aromatic heterocycles. The molecule has 8 nitrogen and oxygen atoms in total. The molecule has 5 rings (SSSR count). The van der Waals surface area contributed by atoms with E-state index in [0.717, 1.165) is 5.69 Å². The lowest BCUT2D eigenvalue weighted by atomic mass is 10.0. The number of carbonyl (C=O) groups excluding carboxylic acids is 3. The Kier molecular flexibility index (Phi) is 5.93. The first-order valence-corrected chi connectivity index (χ1v) is 11.1. The zero-order valence-electron chi connectivity index (χ0n) is 18.3. The number of carbonyl (C=O) groups is 3. The van der Waals surface area contributed by atoms with E-state index in [2.05, 4.69) is 10.4 Å². The highest BCUT2D eigenvalue weighted by molar-refractivity contribution is 5.99. The number of hydrogen-bond donors (Lipinski definition) is 1. The van der Waals surface area contributed by atoms with Crippen LogP contribution >= 0.6 is 0 Å². The van der Waals surface area contributed by atoms with E-state index in [4.69, 9.17) is 4.74 Å². The summed E-state index contributed by atoms with van der Waals surface area (Å²) in [6.07, 6.45) is 3.90. The van der Waals surface area contributed by atoms with E-state index in [-0.39, 0.29) is 36.6 Å². The van der Waals surface area contributed by atoms with E-state index >= 15 is 0 Å². The first-order valence-electron chi connectivity index (χ1n) is 11.1. The lowest BCUT2D eigenvalue weighted by Crippen LogP contribution is -2.53. The van der Waals surface area contributed by atoms with Crippen molar-refractivity contribution in [1.29, 1.82) is 0 Å². The van der Waals surface area contributed by atoms with Gasteiger partial charge in [-0.3, -0.25) is 14.4 Å². The largest absolute Gasteiger partial charge is 0.368 e. The Morgan fingerprint density at radius 2 is 1.91 bits per heavy atom. The number of ether oxygens (including phenoxy) is 1. The van der Waals surface area contributed by atoms with Gasteiger partial charge in [0.15, 0.2) is 5.78 Å². The summed E-state index contributed by atoms with van der Waals surface area (Å²) in [7, 11) is 0. The molecule has 0 bridgehead atoms. The van der Waals surface area contributed by atoms with Gasteiger partial charge >= 0.3 is 0 Å². The second-order valence-corrected chi connectivity index (χ2v) is 8.44. The average Bonchev–Trinajstić information content (AvgIpc) is 3.60. The van der Waals surface area contributed by atoms with Gasteiger partial charge < -0.3 is 15.0 Å². The minimum Gasteiger partial charge on any atom is -0.368 e. The van der Waals surface area contributed by atoms with Crippen LogP contribution in [0.1, 0.15) is 22.3 Å². The highest BCUT2D eigenvalue weighted by Gasteiger charge is 2.48. The molecule has 34 heavy (non-hydrogen) atoms. The lowest BCUT2D eigenvalue weighted by Gasteiger charge is -2.27. The Morgan fingerprint density at radius 3 is 2.62 bits per heavy atom. The van der Waals surface area contributed by atoms with Crippen LogP contribution in [0.2, 0.25) is 0 Å². The number of nitrogens with one attached hydrogen (secondary N) is 1. The number of amides is 2. The number of rotatable bonds is 6. The zero-order valence-corrected chi connectivity index (χ0v) is 18.3. The van der Waals surface area contributed by atoms with Crippen LogP contribution in [0.5, 0.6) is 0 Å². The summed E-state index contributed by atoms with van der Waals surface area (Å²) in [5, 5.41) is 6.99. The summed E-state index contributed by atoms with van der Waals surface area (Å²) >= 11 is 0. The SMILES string of the molecule is O=C(NC(Cc1ccc(F)cc1)C(=O)N1CCC2OCC(=O)C21)c1ccc(-n2cccn2)cc1. The Bertz CT molecular complexity index is 1190. The van der Waals surface area contributed by atoms with Crippen molar-refractivity contribution < 1.29 is 23.5 Å². The second-order valence-electron chi connectivity index (χ2n) is 8.44. The first-order chi connectivity index (χ1) is 16.5. The molecule has 0 saturated carbocycles. The minimum atomic E-state index is -0.920. The number of benzene rings is 2. The van der Waals surface area contributed by atoms with Crippen molar-refractivity contribution in [3.63, 3.8) is 0 Å². The predicted molar refractivity (Wildman–Crippen MR) is 120 cm³/mol. The first kappa shape index (κ1) is 22.0. The van der Waals surface area contributed by atoms with Gasteiger partial charge in [-0.2, -0.15) is 5.10 Å². The molecule has 3 unspecified atom stereocenters. The number of hydrogen-bond acceptors (Lipinski definition) is 5. The molecular weight excluding hydrogens is 439 g/mol. The molecular formula is C25H23FN4O4. The van der Waals surface area contributed by atoms with E-state index in [1.165, 1.54) is 17.0 Å². The second kappa shape index (κ2) is 9.18. The molecule has 3 atom stereocenters. The van der Waals surface area contributed by atoms with Crippen molar-refractivity contribution in [2.24, 2.45) is 0 Å². The van der Waals surface area contributed by atoms with Crippen LogP contribution in [0.15, 0.2) is 67.0 Å². The number of likely N-dealkylation sites (tertiary alicyclic amines) is 1. The standard InChI is InChI=1S/C25H23FN4O4/c26-18-6-2-16(3-7-18)14-20(25(33)29-13-10-22-23(29)21(31)15-34-22)28-24(32)17-4-8-19(9-5-17)30-12-1-11-27-30/h1-9,11-12,20,22-23H,10,13-15H2,(H,28,32). The van der Waals surface area contributed by atoms with Crippen LogP contribution in [-0.4, -0.2) is 63.6 Å². The van der Waals surface area contributed by atoms with Crippen LogP contribution in [0, 0.1) is 5.82 Å². The van der Waals surface area contributed by atoms with Gasteiger partial charge in [0.25, 0.3) is 5.91 Å². The Labute approximate surface area is 195 Å². The third kappa shape index (κ3) is 4.34. The van der Waals surface area contributed by atoms with Gasteiger partial charge in [0, 0.05) is 30.9 Å². The van der Waals surface area contributed by atoms with E-state index in [9.17, 15) is 18.8 Å². The van der Waals surface area contributed by atoms with Crippen molar-refractivity contribution >= 4 is 17.6 Å². The molecule has 174 valence electrons. The van der Waals surface area contributed by atoms with Crippen LogP contribution in [0.3, 0.4) is 0 Å². The van der Waals surface area contributed by atoms with Gasteiger partial charge in [0.1, 0.15) is 24.5 Å². The number of Topliss-reactive ketones (excluding diaryl/α,β-unsaturated/α-hetero) is 1. The summed E-state index contributed by atoms with van der Waals surface area (Å²) in [5.41, 5.74) is 1.87. The molecule has 2 amide bonds. The maximum Gasteiger partial charge on any atom is 0.251 e. The third-order valence-corrected chi connectivity index (χ3v) is 6.25. The lowest BCUT2D eigenvalue weighted by molar-refractivity contribution is -0.138. The average molecular weight is 462 g/mol. The molecule has 2 aromatic carbocycles. The van der Waals surface area contributed by atoms with Gasteiger partial charge in [0.2, 0.25) is 5.91 Å². The van der Waals surface area contributed by atoms with Crippen molar-refractivity contribution in [2.45, 2.75) is 31.0 Å². The Balaban J connectivity index is 1.36. The molecule has 0 spiro atoms. The molecule has 0 radical (unpaired) electrons. The number of ketones is 1. The molecule has 3 aromatic rings.